The van der Waals surface area contributed by atoms with Gasteiger partial charge in [0.25, 0.3) is 5.56 Å². The number of esters is 2. The molecule has 0 spiro atoms. The molecule has 3 aromatic heterocycles. The van der Waals surface area contributed by atoms with Crippen molar-refractivity contribution in [3.8, 4) is 0 Å². The molecule has 0 aromatic carbocycles. The van der Waals surface area contributed by atoms with Gasteiger partial charge in [-0.2, -0.15) is 0 Å². The number of rotatable bonds is 5. The van der Waals surface area contributed by atoms with Crippen LogP contribution in [0.15, 0.2) is 59.4 Å². The first-order valence-electron chi connectivity index (χ1n) is 10.0. The summed E-state index contributed by atoms with van der Waals surface area (Å²) in [4.78, 5) is 47.5. The lowest BCUT2D eigenvalue weighted by Gasteiger charge is -2.26. The van der Waals surface area contributed by atoms with E-state index in [2.05, 4.69) is 9.97 Å². The Hall–Kier alpha value is -4.05. The second-order valence-corrected chi connectivity index (χ2v) is 8.02. The van der Waals surface area contributed by atoms with Crippen molar-refractivity contribution in [3.63, 3.8) is 0 Å². The second kappa shape index (κ2) is 9.21. The highest BCUT2D eigenvalue weighted by Crippen LogP contribution is 2.37. The Morgan fingerprint density at radius 3 is 2.48 bits per heavy atom. The van der Waals surface area contributed by atoms with Gasteiger partial charge in [-0.3, -0.25) is 19.3 Å². The zero-order valence-electron chi connectivity index (χ0n) is 17.8. The van der Waals surface area contributed by atoms with Gasteiger partial charge >= 0.3 is 11.9 Å². The van der Waals surface area contributed by atoms with Crippen LogP contribution in [0.5, 0.6) is 0 Å². The van der Waals surface area contributed by atoms with Crippen LogP contribution in [0.3, 0.4) is 0 Å². The van der Waals surface area contributed by atoms with Crippen LogP contribution in [0.1, 0.15) is 24.0 Å². The molecule has 3 aromatic rings. The first-order chi connectivity index (χ1) is 16.0. The Balaban J connectivity index is 2.12. The molecule has 0 aliphatic carbocycles. The van der Waals surface area contributed by atoms with Crippen LogP contribution in [0.2, 0.25) is 0 Å². The van der Waals surface area contributed by atoms with Gasteiger partial charge in [0, 0.05) is 24.8 Å². The van der Waals surface area contributed by atoms with Gasteiger partial charge < -0.3 is 15.2 Å². The molecule has 0 radical (unpaired) electrons. The van der Waals surface area contributed by atoms with Gasteiger partial charge in [0.1, 0.15) is 10.5 Å². The molecule has 33 heavy (non-hydrogen) atoms. The summed E-state index contributed by atoms with van der Waals surface area (Å²) in [7, 11) is 1.24. The minimum Gasteiger partial charge on any atom is -0.466 e. The molecular weight excluding hydrogens is 444 g/mol. The number of hydrogen-bond donors (Lipinski definition) is 1. The largest absolute Gasteiger partial charge is 0.466 e. The maximum atomic E-state index is 13.3. The summed E-state index contributed by atoms with van der Waals surface area (Å²) in [5, 5.41) is 0. The molecule has 0 amide bonds. The summed E-state index contributed by atoms with van der Waals surface area (Å²) < 4.78 is 12.0. The summed E-state index contributed by atoms with van der Waals surface area (Å²) in [6.45, 7) is 1.75. The van der Waals surface area contributed by atoms with Gasteiger partial charge in [-0.05, 0) is 36.3 Å². The molecule has 0 bridgehead atoms. The van der Waals surface area contributed by atoms with Crippen molar-refractivity contribution in [2.45, 2.75) is 12.8 Å². The van der Waals surface area contributed by atoms with Crippen molar-refractivity contribution in [2.24, 2.45) is 5.73 Å². The molecular formula is C23H20N4O5S. The van der Waals surface area contributed by atoms with Gasteiger partial charge in [-0.25, -0.2) is 9.59 Å². The van der Waals surface area contributed by atoms with E-state index in [1.807, 2.05) is 0 Å². The number of methoxy groups -OCH3 is 1. The predicted molar refractivity (Wildman–Crippen MR) is 122 cm³/mol. The van der Waals surface area contributed by atoms with Gasteiger partial charge in [0.2, 0.25) is 0 Å². The van der Waals surface area contributed by atoms with Crippen LogP contribution >= 0.6 is 11.3 Å². The van der Waals surface area contributed by atoms with Crippen LogP contribution in [0, 0.1) is 0 Å². The third-order valence-corrected chi connectivity index (χ3v) is 6.16. The Morgan fingerprint density at radius 2 is 1.88 bits per heavy atom. The van der Waals surface area contributed by atoms with Crippen LogP contribution in [-0.2, 0) is 19.1 Å². The number of carbonyl (C=O) groups excluding carboxylic acids is 2. The maximum absolute atomic E-state index is 13.3. The Kier molecular flexibility index (Phi) is 6.18. The number of nitrogens with zero attached hydrogens (tertiary/aromatic N) is 3. The summed E-state index contributed by atoms with van der Waals surface area (Å²) in [5.74, 6) is -2.44. The number of nitrogens with two attached hydrogens (primary N) is 1. The lowest BCUT2D eigenvalue weighted by atomic mass is 9.84. The fourth-order valence-corrected chi connectivity index (χ4v) is 4.82. The fourth-order valence-electron chi connectivity index (χ4n) is 3.66. The number of fused-ring (bicyclic) bond motifs is 1. The van der Waals surface area contributed by atoms with Crippen LogP contribution in [0.4, 0.5) is 0 Å². The van der Waals surface area contributed by atoms with Gasteiger partial charge in [0.15, 0.2) is 0 Å². The SMILES string of the molecule is CCOC(=O)C1=C(N)n2c(sc(=Cc3cccnc3)c2=O)=C(C(=O)OC)[C@@H]1c1cccnc1. The first-order valence-corrected chi connectivity index (χ1v) is 10.8. The van der Waals surface area contributed by atoms with Crippen molar-refractivity contribution in [1.82, 2.24) is 14.5 Å². The van der Waals surface area contributed by atoms with E-state index in [4.69, 9.17) is 15.2 Å². The van der Waals surface area contributed by atoms with E-state index >= 15 is 0 Å². The monoisotopic (exact) mass is 464 g/mol. The Labute approximate surface area is 192 Å². The van der Waals surface area contributed by atoms with E-state index in [0.717, 1.165) is 15.9 Å². The van der Waals surface area contributed by atoms with E-state index < -0.39 is 23.4 Å². The van der Waals surface area contributed by atoms with Crippen molar-refractivity contribution >= 4 is 40.7 Å². The minimum atomic E-state index is -0.922. The molecule has 9 nitrogen and oxygen atoms in total. The number of hydrogen-bond acceptors (Lipinski definition) is 9. The van der Waals surface area contributed by atoms with Gasteiger partial charge in [-0.15, -0.1) is 11.3 Å². The molecule has 4 heterocycles. The third-order valence-electron chi connectivity index (χ3n) is 5.05. The third kappa shape index (κ3) is 3.96. The van der Waals surface area contributed by atoms with E-state index in [0.29, 0.717) is 15.7 Å². The molecule has 168 valence electrons. The molecule has 1 aliphatic rings. The van der Waals surface area contributed by atoms with Crippen molar-refractivity contribution in [1.29, 1.82) is 0 Å². The van der Waals surface area contributed by atoms with Crippen molar-refractivity contribution in [3.05, 3.63) is 85.3 Å². The molecule has 2 N–H and O–H groups in total. The lowest BCUT2D eigenvalue weighted by molar-refractivity contribution is -0.138. The molecule has 1 atom stereocenters. The second-order valence-electron chi connectivity index (χ2n) is 6.99. The quantitative estimate of drug-likeness (QED) is 0.536. The van der Waals surface area contributed by atoms with E-state index in [1.54, 1.807) is 55.9 Å². The Morgan fingerprint density at radius 1 is 1.15 bits per heavy atom. The average Bonchev–Trinajstić information content (AvgIpc) is 3.15. The highest BCUT2D eigenvalue weighted by molar-refractivity contribution is 7.07. The minimum absolute atomic E-state index is 0.0226. The topological polar surface area (TPSA) is 126 Å². The highest BCUT2D eigenvalue weighted by Gasteiger charge is 2.39. The van der Waals surface area contributed by atoms with Gasteiger partial charge in [0.05, 0.1) is 35.3 Å². The average molecular weight is 465 g/mol. The number of pyridine rings is 2. The summed E-state index contributed by atoms with van der Waals surface area (Å²) in [5.41, 5.74) is 7.25. The number of ether oxygens (including phenoxy) is 2. The van der Waals surface area contributed by atoms with Crippen LogP contribution < -0.4 is 20.5 Å². The summed E-state index contributed by atoms with van der Waals surface area (Å²) in [6, 6.07) is 6.94. The summed E-state index contributed by atoms with van der Waals surface area (Å²) >= 11 is 1.08. The molecule has 0 unspecified atom stereocenters. The molecule has 1 aliphatic heterocycles. The first kappa shape index (κ1) is 22.2. The van der Waals surface area contributed by atoms with E-state index in [1.165, 1.54) is 13.3 Å². The Bertz CT molecular complexity index is 1420. The molecule has 0 saturated carbocycles. The smallest absolute Gasteiger partial charge is 0.338 e. The highest BCUT2D eigenvalue weighted by atomic mass is 32.1. The van der Waals surface area contributed by atoms with E-state index in [9.17, 15) is 14.4 Å². The maximum Gasteiger partial charge on any atom is 0.338 e. The normalized spacial score (nSPS) is 15.9. The predicted octanol–water partition coefficient (Wildman–Crippen LogP) is 0.340. The zero-order valence-corrected chi connectivity index (χ0v) is 18.7. The molecule has 10 heteroatoms. The molecule has 0 saturated heterocycles. The fraction of sp³-hybridized carbons (Fsp3) is 0.174. The van der Waals surface area contributed by atoms with Crippen molar-refractivity contribution in [2.75, 3.05) is 13.7 Å². The van der Waals surface area contributed by atoms with Crippen LogP contribution in [0.25, 0.3) is 17.5 Å². The standard InChI is InChI=1S/C23H20N4O5S/c1-3-32-23(30)17-16(14-7-5-9-26-12-14)18(22(29)31-2)21-27(19(17)24)20(28)15(33-21)10-13-6-4-8-25-11-13/h4-12,16H,3,24H2,1-2H3/t16-/m1/s1. The van der Waals surface area contributed by atoms with E-state index in [-0.39, 0.29) is 28.2 Å². The molecule has 0 fully saturated rings. The molecule has 4 rings (SSSR count). The van der Waals surface area contributed by atoms with Crippen LogP contribution in [-0.4, -0.2) is 40.2 Å². The zero-order chi connectivity index (χ0) is 23.5. The van der Waals surface area contributed by atoms with Gasteiger partial charge in [-0.1, -0.05) is 12.1 Å². The number of carbonyl (C=O) groups is 2. The number of aromatic nitrogens is 3. The van der Waals surface area contributed by atoms with Crippen molar-refractivity contribution < 1.29 is 19.1 Å². The summed E-state index contributed by atoms with van der Waals surface area (Å²) in [6.07, 6.45) is 7.98. The lowest BCUT2D eigenvalue weighted by Crippen LogP contribution is -2.41. The number of thiazole rings is 1.